The minimum atomic E-state index is -3.82. The number of ether oxygens (including phenoxy) is 1. The van der Waals surface area contributed by atoms with E-state index >= 15 is 0 Å². The Morgan fingerprint density at radius 3 is 2.53 bits per heavy atom. The quantitative estimate of drug-likeness (QED) is 0.814. The second-order valence-electron chi connectivity index (χ2n) is 8.71. The molecule has 2 saturated carbocycles. The van der Waals surface area contributed by atoms with Crippen molar-refractivity contribution in [3.63, 3.8) is 0 Å². The van der Waals surface area contributed by atoms with Crippen molar-refractivity contribution in [3.8, 4) is 5.75 Å². The minimum absolute atomic E-state index is 0.0418. The summed E-state index contributed by atoms with van der Waals surface area (Å²) in [5, 5.41) is 3.14. The van der Waals surface area contributed by atoms with Gasteiger partial charge in [0.25, 0.3) is 15.9 Å². The molecular weight excluding hydrogens is 400 g/mol. The zero-order chi connectivity index (χ0) is 20.9. The van der Waals surface area contributed by atoms with Crippen LogP contribution in [-0.2, 0) is 14.8 Å². The van der Waals surface area contributed by atoms with Gasteiger partial charge in [-0.25, -0.2) is 8.42 Å². The van der Waals surface area contributed by atoms with Gasteiger partial charge in [-0.2, -0.15) is 0 Å². The van der Waals surface area contributed by atoms with E-state index in [9.17, 15) is 13.2 Å². The molecule has 2 aromatic carbocycles. The Bertz CT molecular complexity index is 1070. The molecule has 7 heteroatoms. The molecule has 0 saturated heterocycles. The predicted octanol–water partition coefficient (Wildman–Crippen LogP) is 3.26. The maximum Gasteiger partial charge on any atom is 0.264 e. The van der Waals surface area contributed by atoms with Crippen LogP contribution >= 0.6 is 0 Å². The number of fused-ring (bicyclic) bond motifs is 3. The average Bonchev–Trinajstić information content (AvgIpc) is 3.36. The first kappa shape index (κ1) is 19.4. The number of para-hydroxylation sites is 2. The number of aryl methyl sites for hydroxylation is 1. The Hall–Kier alpha value is -2.54. The van der Waals surface area contributed by atoms with Crippen LogP contribution in [0.2, 0.25) is 0 Å². The maximum atomic E-state index is 13.4. The van der Waals surface area contributed by atoms with Gasteiger partial charge in [0.15, 0.2) is 6.10 Å². The highest BCUT2D eigenvalue weighted by molar-refractivity contribution is 7.92. The summed E-state index contributed by atoms with van der Waals surface area (Å²) in [6, 6.07) is 13.9. The topological polar surface area (TPSA) is 75.7 Å². The molecule has 1 heterocycles. The van der Waals surface area contributed by atoms with E-state index in [0.717, 1.165) is 18.4 Å². The Kier molecular flexibility index (Phi) is 4.73. The minimum Gasteiger partial charge on any atom is -0.476 e. The van der Waals surface area contributed by atoms with E-state index in [2.05, 4.69) is 5.32 Å². The summed E-state index contributed by atoms with van der Waals surface area (Å²) in [4.78, 5) is 13.2. The lowest BCUT2D eigenvalue weighted by atomic mass is 9.95. The van der Waals surface area contributed by atoms with Gasteiger partial charge in [-0.1, -0.05) is 36.2 Å². The summed E-state index contributed by atoms with van der Waals surface area (Å²) in [6.07, 6.45) is 3.75. The van der Waals surface area contributed by atoms with Crippen LogP contribution in [0, 0.1) is 18.8 Å². The van der Waals surface area contributed by atoms with Crippen LogP contribution in [0.25, 0.3) is 0 Å². The van der Waals surface area contributed by atoms with E-state index in [1.54, 1.807) is 48.5 Å². The van der Waals surface area contributed by atoms with Crippen molar-refractivity contribution < 1.29 is 17.9 Å². The highest BCUT2D eigenvalue weighted by atomic mass is 32.2. The van der Waals surface area contributed by atoms with Gasteiger partial charge >= 0.3 is 0 Å². The lowest BCUT2D eigenvalue weighted by Crippen LogP contribution is -2.53. The molecule has 30 heavy (non-hydrogen) atoms. The second-order valence-corrected chi connectivity index (χ2v) is 10.6. The molecule has 158 valence electrons. The average molecular weight is 427 g/mol. The van der Waals surface area contributed by atoms with Gasteiger partial charge in [0.05, 0.1) is 17.1 Å². The van der Waals surface area contributed by atoms with Gasteiger partial charge in [-0.15, -0.1) is 0 Å². The van der Waals surface area contributed by atoms with Crippen LogP contribution in [0.4, 0.5) is 5.69 Å². The van der Waals surface area contributed by atoms with Crippen molar-refractivity contribution in [2.45, 2.75) is 49.6 Å². The highest BCUT2D eigenvalue weighted by Gasteiger charge is 2.43. The zero-order valence-corrected chi connectivity index (χ0v) is 17.8. The molecule has 2 aliphatic carbocycles. The number of sulfonamides is 1. The number of carbonyl (C=O) groups excluding carboxylic acids is 1. The van der Waals surface area contributed by atoms with Crippen molar-refractivity contribution in [2.24, 2.45) is 11.8 Å². The molecule has 2 bridgehead atoms. The van der Waals surface area contributed by atoms with E-state index in [0.29, 0.717) is 23.3 Å². The number of hydrogen-bond acceptors (Lipinski definition) is 4. The third-order valence-electron chi connectivity index (χ3n) is 6.70. The molecule has 4 atom stereocenters. The molecule has 1 aliphatic heterocycles. The first-order valence-corrected chi connectivity index (χ1v) is 12.0. The number of amides is 1. The fourth-order valence-corrected chi connectivity index (χ4v) is 6.58. The molecule has 3 aliphatic rings. The van der Waals surface area contributed by atoms with Gasteiger partial charge in [-0.3, -0.25) is 9.10 Å². The number of hydrogen-bond donors (Lipinski definition) is 1. The molecule has 2 fully saturated rings. The molecule has 1 amide bonds. The van der Waals surface area contributed by atoms with Gasteiger partial charge < -0.3 is 10.1 Å². The van der Waals surface area contributed by atoms with Crippen LogP contribution in [0.5, 0.6) is 5.75 Å². The SMILES string of the molecule is Cc1ccc(S(=O)(=O)N2CC(C(=O)NC3CC4CCC3C4)Oc3ccccc32)cc1. The fraction of sp³-hybridized carbons (Fsp3) is 0.435. The summed E-state index contributed by atoms with van der Waals surface area (Å²) < 4.78 is 34.1. The Balaban J connectivity index is 1.42. The van der Waals surface area contributed by atoms with Crippen molar-refractivity contribution in [3.05, 3.63) is 54.1 Å². The molecule has 6 nitrogen and oxygen atoms in total. The number of anilines is 1. The molecule has 4 unspecified atom stereocenters. The largest absolute Gasteiger partial charge is 0.476 e. The van der Waals surface area contributed by atoms with Gasteiger partial charge in [0.1, 0.15) is 5.75 Å². The number of nitrogens with one attached hydrogen (secondary N) is 1. The van der Waals surface area contributed by atoms with Crippen LogP contribution in [-0.4, -0.2) is 33.0 Å². The molecule has 1 N–H and O–H groups in total. The van der Waals surface area contributed by atoms with Crippen LogP contribution in [0.15, 0.2) is 53.4 Å². The third-order valence-corrected chi connectivity index (χ3v) is 8.50. The molecule has 2 aromatic rings. The standard InChI is InChI=1S/C23H26N2O4S/c1-15-6-10-18(11-7-15)30(27,28)25-14-22(29-21-5-3-2-4-20(21)25)23(26)24-19-13-16-8-9-17(19)12-16/h2-7,10-11,16-17,19,22H,8-9,12-14H2,1H3,(H,24,26). The van der Waals surface area contributed by atoms with Gasteiger partial charge in [0, 0.05) is 6.04 Å². The molecule has 0 spiro atoms. The molecule has 5 rings (SSSR count). The lowest BCUT2D eigenvalue weighted by Gasteiger charge is -2.35. The molecular formula is C23H26N2O4S. The van der Waals surface area contributed by atoms with Crippen molar-refractivity contribution in [2.75, 3.05) is 10.8 Å². The normalized spacial score (nSPS) is 27.4. The second kappa shape index (κ2) is 7.30. The molecule has 0 aromatic heterocycles. The third kappa shape index (κ3) is 3.35. The van der Waals surface area contributed by atoms with Gasteiger partial charge in [-0.05, 0) is 62.3 Å². The van der Waals surface area contributed by atoms with E-state index in [-0.39, 0.29) is 23.4 Å². The summed E-state index contributed by atoms with van der Waals surface area (Å²) >= 11 is 0. The number of carbonyl (C=O) groups is 1. The number of nitrogens with zero attached hydrogens (tertiary/aromatic N) is 1. The van der Waals surface area contributed by atoms with Crippen molar-refractivity contribution >= 4 is 21.6 Å². The Morgan fingerprint density at radius 2 is 1.83 bits per heavy atom. The van der Waals surface area contributed by atoms with Crippen molar-refractivity contribution in [1.82, 2.24) is 5.32 Å². The monoisotopic (exact) mass is 426 g/mol. The lowest BCUT2D eigenvalue weighted by molar-refractivity contribution is -0.128. The van der Waals surface area contributed by atoms with Crippen molar-refractivity contribution in [1.29, 1.82) is 0 Å². The smallest absolute Gasteiger partial charge is 0.264 e. The summed E-state index contributed by atoms with van der Waals surface area (Å²) in [6.45, 7) is 1.87. The van der Waals surface area contributed by atoms with Gasteiger partial charge in [0.2, 0.25) is 0 Å². The number of rotatable bonds is 4. The summed E-state index contributed by atoms with van der Waals surface area (Å²) in [5.41, 5.74) is 1.45. The molecule has 0 radical (unpaired) electrons. The summed E-state index contributed by atoms with van der Waals surface area (Å²) in [5.74, 6) is 1.44. The van der Waals surface area contributed by atoms with Crippen LogP contribution < -0.4 is 14.4 Å². The van der Waals surface area contributed by atoms with E-state index in [1.807, 2.05) is 6.92 Å². The zero-order valence-electron chi connectivity index (χ0n) is 17.0. The van der Waals surface area contributed by atoms with Crippen LogP contribution in [0.3, 0.4) is 0 Å². The van der Waals surface area contributed by atoms with E-state index < -0.39 is 16.1 Å². The van der Waals surface area contributed by atoms with E-state index in [1.165, 1.54) is 17.1 Å². The first-order chi connectivity index (χ1) is 14.4. The van der Waals surface area contributed by atoms with Crippen LogP contribution in [0.1, 0.15) is 31.2 Å². The highest BCUT2D eigenvalue weighted by Crippen LogP contribution is 2.44. The predicted molar refractivity (Wildman–Crippen MR) is 114 cm³/mol. The number of benzene rings is 2. The van der Waals surface area contributed by atoms with E-state index in [4.69, 9.17) is 4.74 Å². The summed E-state index contributed by atoms with van der Waals surface area (Å²) in [7, 11) is -3.82. The Labute approximate surface area is 177 Å². The Morgan fingerprint density at radius 1 is 1.07 bits per heavy atom. The fourth-order valence-electron chi connectivity index (χ4n) is 5.10. The first-order valence-electron chi connectivity index (χ1n) is 10.6. The maximum absolute atomic E-state index is 13.4.